The van der Waals surface area contributed by atoms with Crippen molar-refractivity contribution in [2.24, 2.45) is 0 Å². The molecule has 0 fully saturated rings. The van der Waals surface area contributed by atoms with Gasteiger partial charge in [-0.25, -0.2) is 0 Å². The van der Waals surface area contributed by atoms with Crippen LogP contribution in [-0.4, -0.2) is 26.4 Å². The molecule has 1 N–H and O–H groups in total. The van der Waals surface area contributed by atoms with Crippen LogP contribution in [0.3, 0.4) is 0 Å². The van der Waals surface area contributed by atoms with Crippen LogP contribution in [0.2, 0.25) is 0 Å². The van der Waals surface area contributed by atoms with Crippen LogP contribution in [0.25, 0.3) is 11.4 Å². The van der Waals surface area contributed by atoms with Crippen molar-refractivity contribution in [1.82, 2.24) is 14.8 Å². The van der Waals surface area contributed by atoms with E-state index in [-0.39, 0.29) is 11.7 Å². The summed E-state index contributed by atoms with van der Waals surface area (Å²) < 4.78 is 3.88. The summed E-state index contributed by atoms with van der Waals surface area (Å²) in [5, 5.41) is 12.2. The molecule has 0 bridgehead atoms. The number of carbonyl (C=O) groups excluding carboxylic acids is 1. The molecular formula is C18H16Br2N4OS. The molecule has 1 amide bonds. The van der Waals surface area contributed by atoms with Crippen molar-refractivity contribution in [1.29, 1.82) is 0 Å². The molecule has 0 unspecified atom stereocenters. The fraction of sp³-hybridized carbons (Fsp3) is 0.167. The first-order valence-corrected chi connectivity index (χ1v) is 10.5. The quantitative estimate of drug-likeness (QED) is 0.476. The van der Waals surface area contributed by atoms with Crippen molar-refractivity contribution in [3.8, 4) is 11.4 Å². The summed E-state index contributed by atoms with van der Waals surface area (Å²) in [6, 6.07) is 15.5. The maximum Gasteiger partial charge on any atom is 0.234 e. The number of hydrogen-bond acceptors (Lipinski definition) is 4. The normalized spacial score (nSPS) is 10.7. The van der Waals surface area contributed by atoms with E-state index < -0.39 is 0 Å². The molecular weight excluding hydrogens is 480 g/mol. The first-order chi connectivity index (χ1) is 12.6. The predicted molar refractivity (Wildman–Crippen MR) is 112 cm³/mol. The highest BCUT2D eigenvalue weighted by atomic mass is 79.9. The first-order valence-electron chi connectivity index (χ1n) is 7.94. The van der Waals surface area contributed by atoms with Crippen LogP contribution in [-0.2, 0) is 11.3 Å². The lowest BCUT2D eigenvalue weighted by Crippen LogP contribution is -2.15. The second-order valence-corrected chi connectivity index (χ2v) is 8.09. The molecule has 134 valence electrons. The number of benzene rings is 2. The minimum absolute atomic E-state index is 0.0854. The maximum absolute atomic E-state index is 12.2. The number of nitrogens with zero attached hydrogens (tertiary/aromatic N) is 3. The molecule has 5 nitrogen and oxygen atoms in total. The van der Waals surface area contributed by atoms with E-state index in [1.165, 1.54) is 11.8 Å². The smallest absolute Gasteiger partial charge is 0.234 e. The minimum Gasteiger partial charge on any atom is -0.324 e. The predicted octanol–water partition coefficient (Wildman–Crippen LogP) is 5.22. The Labute approximate surface area is 172 Å². The number of anilines is 1. The SMILES string of the molecule is CCn1c(SCC(=O)Nc2ccccc2Br)nnc1-c1ccc(Br)cc1. The highest BCUT2D eigenvalue weighted by Gasteiger charge is 2.15. The number of nitrogens with one attached hydrogen (secondary N) is 1. The Hall–Kier alpha value is -1.64. The third-order valence-corrected chi connectivity index (χ3v) is 5.80. The zero-order chi connectivity index (χ0) is 18.5. The van der Waals surface area contributed by atoms with Crippen LogP contribution in [0, 0.1) is 0 Å². The summed E-state index contributed by atoms with van der Waals surface area (Å²) >= 11 is 8.24. The van der Waals surface area contributed by atoms with Gasteiger partial charge >= 0.3 is 0 Å². The molecule has 26 heavy (non-hydrogen) atoms. The maximum atomic E-state index is 12.2. The van der Waals surface area contributed by atoms with E-state index in [1.807, 2.05) is 60.0 Å². The summed E-state index contributed by atoms with van der Waals surface area (Å²) in [7, 11) is 0. The van der Waals surface area contributed by atoms with Gasteiger partial charge in [0, 0.05) is 21.1 Å². The van der Waals surface area contributed by atoms with Gasteiger partial charge in [-0.2, -0.15) is 0 Å². The molecule has 1 aromatic heterocycles. The fourth-order valence-corrected chi connectivity index (χ4v) is 3.82. The molecule has 1 heterocycles. The zero-order valence-electron chi connectivity index (χ0n) is 13.9. The topological polar surface area (TPSA) is 59.8 Å². The molecule has 0 aliphatic carbocycles. The van der Waals surface area contributed by atoms with Gasteiger partial charge in [0.15, 0.2) is 11.0 Å². The van der Waals surface area contributed by atoms with Gasteiger partial charge in [0.05, 0.1) is 11.4 Å². The van der Waals surface area contributed by atoms with Gasteiger partial charge in [0.2, 0.25) is 5.91 Å². The lowest BCUT2D eigenvalue weighted by molar-refractivity contribution is -0.113. The second-order valence-electron chi connectivity index (χ2n) is 5.37. The summed E-state index contributed by atoms with van der Waals surface area (Å²) in [6.45, 7) is 2.77. The van der Waals surface area contributed by atoms with Crippen LogP contribution < -0.4 is 5.32 Å². The molecule has 8 heteroatoms. The van der Waals surface area contributed by atoms with E-state index in [0.29, 0.717) is 0 Å². The van der Waals surface area contributed by atoms with E-state index in [9.17, 15) is 4.79 Å². The summed E-state index contributed by atoms with van der Waals surface area (Å²) in [6.07, 6.45) is 0. The van der Waals surface area contributed by atoms with E-state index in [4.69, 9.17) is 0 Å². The van der Waals surface area contributed by atoms with Gasteiger partial charge in [-0.3, -0.25) is 4.79 Å². The summed E-state index contributed by atoms with van der Waals surface area (Å²) in [5.41, 5.74) is 1.75. The molecule has 0 aliphatic rings. The molecule has 0 saturated heterocycles. The molecule has 0 radical (unpaired) electrons. The number of thioether (sulfide) groups is 1. The first kappa shape index (κ1) is 19.1. The van der Waals surface area contributed by atoms with Gasteiger partial charge in [-0.05, 0) is 47.1 Å². The Kier molecular flexibility index (Phi) is 6.50. The molecule has 0 aliphatic heterocycles. The Morgan fingerprint density at radius 2 is 1.85 bits per heavy atom. The number of carbonyl (C=O) groups is 1. The standard InChI is InChI=1S/C18H16Br2N4OS/c1-2-24-17(12-7-9-13(19)10-8-12)22-23-18(24)26-11-16(25)21-15-6-4-3-5-14(15)20/h3-10H,2,11H2,1H3,(H,21,25). The number of rotatable bonds is 6. The molecule has 3 rings (SSSR count). The van der Waals surface area contributed by atoms with Crippen molar-refractivity contribution in [3.05, 3.63) is 57.5 Å². The molecule has 0 saturated carbocycles. The van der Waals surface area contributed by atoms with Crippen LogP contribution in [0.4, 0.5) is 5.69 Å². The average molecular weight is 496 g/mol. The van der Waals surface area contributed by atoms with E-state index >= 15 is 0 Å². The van der Waals surface area contributed by atoms with Gasteiger partial charge < -0.3 is 9.88 Å². The van der Waals surface area contributed by atoms with Crippen LogP contribution in [0.15, 0.2) is 62.6 Å². The van der Waals surface area contributed by atoms with Crippen molar-refractivity contribution in [3.63, 3.8) is 0 Å². The van der Waals surface area contributed by atoms with Gasteiger partial charge in [0.25, 0.3) is 0 Å². The van der Waals surface area contributed by atoms with Crippen molar-refractivity contribution in [2.45, 2.75) is 18.6 Å². The zero-order valence-corrected chi connectivity index (χ0v) is 17.9. The Morgan fingerprint density at radius 1 is 1.12 bits per heavy atom. The van der Waals surface area contributed by atoms with Crippen molar-refractivity contribution < 1.29 is 4.79 Å². The number of halogens is 2. The average Bonchev–Trinajstić information content (AvgIpc) is 3.05. The lowest BCUT2D eigenvalue weighted by atomic mass is 10.2. The third-order valence-electron chi connectivity index (χ3n) is 3.62. The van der Waals surface area contributed by atoms with Crippen LogP contribution in [0.1, 0.15) is 6.92 Å². The van der Waals surface area contributed by atoms with Crippen molar-refractivity contribution in [2.75, 3.05) is 11.1 Å². The monoisotopic (exact) mass is 494 g/mol. The second kappa shape index (κ2) is 8.83. The summed E-state index contributed by atoms with van der Waals surface area (Å²) in [5.74, 6) is 0.978. The highest BCUT2D eigenvalue weighted by Crippen LogP contribution is 2.26. The van der Waals surface area contributed by atoms with Gasteiger partial charge in [0.1, 0.15) is 0 Å². The summed E-state index contributed by atoms with van der Waals surface area (Å²) in [4.78, 5) is 12.2. The van der Waals surface area contributed by atoms with E-state index in [1.54, 1.807) is 0 Å². The molecule has 0 spiro atoms. The number of aromatic nitrogens is 3. The van der Waals surface area contributed by atoms with Gasteiger partial charge in [-0.15, -0.1) is 10.2 Å². The fourth-order valence-electron chi connectivity index (χ4n) is 2.37. The Morgan fingerprint density at radius 3 is 2.54 bits per heavy atom. The number of para-hydroxylation sites is 1. The minimum atomic E-state index is -0.0854. The largest absolute Gasteiger partial charge is 0.324 e. The molecule has 2 aromatic carbocycles. The molecule has 3 aromatic rings. The number of hydrogen-bond donors (Lipinski definition) is 1. The lowest BCUT2D eigenvalue weighted by Gasteiger charge is -2.08. The van der Waals surface area contributed by atoms with Crippen molar-refractivity contribution >= 4 is 55.2 Å². The van der Waals surface area contributed by atoms with Crippen LogP contribution >= 0.6 is 43.6 Å². The van der Waals surface area contributed by atoms with E-state index in [0.717, 1.165) is 37.7 Å². The number of amides is 1. The Balaban J connectivity index is 1.69. The molecule has 0 atom stereocenters. The van der Waals surface area contributed by atoms with Crippen LogP contribution in [0.5, 0.6) is 0 Å². The van der Waals surface area contributed by atoms with Gasteiger partial charge in [-0.1, -0.05) is 52.0 Å². The highest BCUT2D eigenvalue weighted by molar-refractivity contribution is 9.10. The van der Waals surface area contributed by atoms with E-state index in [2.05, 4.69) is 47.4 Å². The third kappa shape index (κ3) is 4.55. The Bertz CT molecular complexity index is 912.